The summed E-state index contributed by atoms with van der Waals surface area (Å²) in [7, 11) is 0. The third kappa shape index (κ3) is 3.62. The zero-order valence-corrected chi connectivity index (χ0v) is 13.2. The number of hydrogen-bond acceptors (Lipinski definition) is 4. The minimum Gasteiger partial charge on any atom is -0.336 e. The highest BCUT2D eigenvalue weighted by atomic mass is 16.6. The first-order valence-electron chi connectivity index (χ1n) is 7.81. The molecule has 1 aliphatic heterocycles. The lowest BCUT2D eigenvalue weighted by Gasteiger charge is -2.35. The highest BCUT2D eigenvalue weighted by Gasteiger charge is 2.26. The van der Waals surface area contributed by atoms with Crippen LogP contribution < -0.4 is 5.32 Å². The van der Waals surface area contributed by atoms with Gasteiger partial charge in [0.05, 0.1) is 4.92 Å². The van der Waals surface area contributed by atoms with E-state index in [1.165, 1.54) is 12.1 Å². The van der Waals surface area contributed by atoms with Crippen molar-refractivity contribution in [3.63, 3.8) is 0 Å². The molecule has 2 rings (SSSR count). The van der Waals surface area contributed by atoms with Crippen molar-refractivity contribution >= 4 is 11.6 Å². The van der Waals surface area contributed by atoms with Crippen molar-refractivity contribution in [2.24, 2.45) is 0 Å². The number of piperidine rings is 1. The number of rotatable bonds is 5. The number of non-ortho nitro benzene ring substituents is 1. The summed E-state index contributed by atoms with van der Waals surface area (Å²) in [6, 6.07) is 4.72. The highest BCUT2D eigenvalue weighted by Crippen LogP contribution is 2.21. The summed E-state index contributed by atoms with van der Waals surface area (Å²) >= 11 is 0. The van der Waals surface area contributed by atoms with Crippen LogP contribution in [0.15, 0.2) is 18.2 Å². The Morgan fingerprint density at radius 1 is 1.41 bits per heavy atom. The molecule has 1 N–H and O–H groups in total. The molecule has 0 aromatic heterocycles. The Hall–Kier alpha value is -1.95. The molecule has 22 heavy (non-hydrogen) atoms. The Kier molecular flexibility index (Phi) is 5.49. The van der Waals surface area contributed by atoms with Crippen LogP contribution in [0.3, 0.4) is 0 Å². The van der Waals surface area contributed by atoms with Crippen LogP contribution in [0, 0.1) is 17.0 Å². The van der Waals surface area contributed by atoms with Crippen molar-refractivity contribution in [3.05, 3.63) is 39.4 Å². The first-order chi connectivity index (χ1) is 10.5. The molecule has 0 radical (unpaired) electrons. The lowest BCUT2D eigenvalue weighted by Crippen LogP contribution is -2.46. The summed E-state index contributed by atoms with van der Waals surface area (Å²) < 4.78 is 0. The Morgan fingerprint density at radius 2 is 2.09 bits per heavy atom. The molecule has 1 saturated heterocycles. The monoisotopic (exact) mass is 305 g/mol. The van der Waals surface area contributed by atoms with Crippen molar-refractivity contribution in [1.82, 2.24) is 10.2 Å². The molecule has 0 atom stereocenters. The molecule has 120 valence electrons. The number of hydrogen-bond donors (Lipinski definition) is 1. The molecule has 0 bridgehead atoms. The third-order valence-electron chi connectivity index (χ3n) is 4.13. The highest BCUT2D eigenvalue weighted by molar-refractivity contribution is 5.96. The van der Waals surface area contributed by atoms with Crippen molar-refractivity contribution in [1.29, 1.82) is 0 Å². The number of nitrogens with one attached hydrogen (secondary N) is 1. The normalized spacial score (nSPS) is 15.5. The Bertz CT molecular complexity index is 554. The predicted octanol–water partition coefficient (Wildman–Crippen LogP) is 2.51. The number of aryl methyl sites for hydroxylation is 1. The van der Waals surface area contributed by atoms with Crippen molar-refractivity contribution in [3.8, 4) is 0 Å². The fourth-order valence-corrected chi connectivity index (χ4v) is 2.97. The van der Waals surface area contributed by atoms with E-state index in [4.69, 9.17) is 0 Å². The third-order valence-corrected chi connectivity index (χ3v) is 4.13. The van der Waals surface area contributed by atoms with E-state index in [1.807, 2.05) is 4.90 Å². The smallest absolute Gasteiger partial charge is 0.269 e. The summed E-state index contributed by atoms with van der Waals surface area (Å²) in [5, 5.41) is 14.1. The van der Waals surface area contributed by atoms with Crippen LogP contribution >= 0.6 is 0 Å². The van der Waals surface area contributed by atoms with E-state index in [1.54, 1.807) is 13.0 Å². The number of carbonyl (C=O) groups excluding carboxylic acids is 1. The van der Waals surface area contributed by atoms with E-state index in [2.05, 4.69) is 12.2 Å². The molecule has 1 heterocycles. The molecule has 6 heteroatoms. The molecule has 6 nitrogen and oxygen atoms in total. The number of carbonyl (C=O) groups is 1. The van der Waals surface area contributed by atoms with Gasteiger partial charge in [0, 0.05) is 30.3 Å². The van der Waals surface area contributed by atoms with E-state index in [9.17, 15) is 14.9 Å². The molecule has 1 aromatic rings. The van der Waals surface area contributed by atoms with Gasteiger partial charge in [0.15, 0.2) is 0 Å². The lowest BCUT2D eigenvalue weighted by molar-refractivity contribution is -0.384. The molecular weight excluding hydrogens is 282 g/mol. The van der Waals surface area contributed by atoms with Gasteiger partial charge >= 0.3 is 0 Å². The summed E-state index contributed by atoms with van der Waals surface area (Å²) in [5.41, 5.74) is 1.25. The quantitative estimate of drug-likeness (QED) is 0.670. The molecule has 0 aliphatic carbocycles. The van der Waals surface area contributed by atoms with Gasteiger partial charge in [-0.2, -0.15) is 0 Å². The maximum atomic E-state index is 12.9. The van der Waals surface area contributed by atoms with Gasteiger partial charge in [-0.3, -0.25) is 14.9 Å². The fraction of sp³-hybridized carbons (Fsp3) is 0.562. The van der Waals surface area contributed by atoms with E-state index in [0.717, 1.165) is 38.9 Å². The number of amides is 1. The van der Waals surface area contributed by atoms with Crippen LogP contribution in [0.1, 0.15) is 42.1 Å². The van der Waals surface area contributed by atoms with Gasteiger partial charge < -0.3 is 10.2 Å². The standard InChI is InChI=1S/C16H23N3O3/c1-3-10-18(13-6-8-17-9-7-13)16(20)15-5-4-14(19(21)22)11-12(15)2/h4-5,11,13,17H,3,6-10H2,1-2H3. The van der Waals surface area contributed by atoms with Gasteiger partial charge in [-0.25, -0.2) is 0 Å². The Morgan fingerprint density at radius 3 is 2.64 bits per heavy atom. The minimum absolute atomic E-state index is 0.0128. The van der Waals surface area contributed by atoms with Gasteiger partial charge in [0.2, 0.25) is 0 Å². The van der Waals surface area contributed by atoms with Crippen LogP contribution in [0.2, 0.25) is 0 Å². The number of benzene rings is 1. The second-order valence-corrected chi connectivity index (χ2v) is 5.74. The predicted molar refractivity (Wildman–Crippen MR) is 85.1 cm³/mol. The largest absolute Gasteiger partial charge is 0.336 e. The van der Waals surface area contributed by atoms with Crippen LogP contribution in [0.25, 0.3) is 0 Å². The maximum Gasteiger partial charge on any atom is 0.269 e. The van der Waals surface area contributed by atoms with Crippen LogP contribution in [-0.2, 0) is 0 Å². The van der Waals surface area contributed by atoms with Crippen molar-refractivity contribution in [2.75, 3.05) is 19.6 Å². The summed E-state index contributed by atoms with van der Waals surface area (Å²) in [6.07, 6.45) is 2.82. The number of nitro benzene ring substituents is 1. The van der Waals surface area contributed by atoms with E-state index in [-0.39, 0.29) is 17.6 Å². The Balaban J connectivity index is 2.24. The fourth-order valence-electron chi connectivity index (χ4n) is 2.97. The molecule has 1 amide bonds. The molecular formula is C16H23N3O3. The van der Waals surface area contributed by atoms with Crippen LogP contribution in [0.4, 0.5) is 5.69 Å². The van der Waals surface area contributed by atoms with Crippen LogP contribution in [0.5, 0.6) is 0 Å². The maximum absolute atomic E-state index is 12.9. The van der Waals surface area contributed by atoms with Gasteiger partial charge in [-0.1, -0.05) is 6.92 Å². The number of nitro groups is 1. The molecule has 1 aliphatic rings. The van der Waals surface area contributed by atoms with Crippen molar-refractivity contribution in [2.45, 2.75) is 39.2 Å². The first-order valence-corrected chi connectivity index (χ1v) is 7.81. The van der Waals surface area contributed by atoms with Gasteiger partial charge in [0.25, 0.3) is 11.6 Å². The Labute approximate surface area is 130 Å². The topological polar surface area (TPSA) is 75.5 Å². The summed E-state index contributed by atoms with van der Waals surface area (Å²) in [4.78, 5) is 25.2. The zero-order valence-electron chi connectivity index (χ0n) is 13.2. The molecule has 1 aromatic carbocycles. The molecule has 1 fully saturated rings. The van der Waals surface area contributed by atoms with Gasteiger partial charge in [-0.15, -0.1) is 0 Å². The van der Waals surface area contributed by atoms with E-state index in [0.29, 0.717) is 11.1 Å². The molecule has 0 saturated carbocycles. The SMILES string of the molecule is CCCN(C(=O)c1ccc([N+](=O)[O-])cc1C)C1CCNCC1. The second kappa shape index (κ2) is 7.35. The van der Waals surface area contributed by atoms with Crippen molar-refractivity contribution < 1.29 is 9.72 Å². The van der Waals surface area contributed by atoms with Gasteiger partial charge in [-0.05, 0) is 50.9 Å². The zero-order chi connectivity index (χ0) is 16.1. The second-order valence-electron chi connectivity index (χ2n) is 5.74. The molecule has 0 unspecified atom stereocenters. The van der Waals surface area contributed by atoms with Gasteiger partial charge in [0.1, 0.15) is 0 Å². The average molecular weight is 305 g/mol. The van der Waals surface area contributed by atoms with E-state index >= 15 is 0 Å². The number of nitrogens with zero attached hydrogens (tertiary/aromatic N) is 2. The molecule has 0 spiro atoms. The van der Waals surface area contributed by atoms with E-state index < -0.39 is 4.92 Å². The summed E-state index contributed by atoms with van der Waals surface area (Å²) in [6.45, 7) is 6.39. The summed E-state index contributed by atoms with van der Waals surface area (Å²) in [5.74, 6) is -0.0128. The van der Waals surface area contributed by atoms with Crippen LogP contribution in [-0.4, -0.2) is 41.4 Å². The lowest BCUT2D eigenvalue weighted by atomic mass is 10.0. The first kappa shape index (κ1) is 16.4. The average Bonchev–Trinajstić information content (AvgIpc) is 2.52. The minimum atomic E-state index is -0.433.